The number of aromatic nitrogens is 4. The van der Waals surface area contributed by atoms with Gasteiger partial charge in [-0.1, -0.05) is 0 Å². The summed E-state index contributed by atoms with van der Waals surface area (Å²) in [6, 6.07) is 3.93. The maximum atomic E-state index is 12.5. The second kappa shape index (κ2) is 7.64. The van der Waals surface area contributed by atoms with Crippen LogP contribution in [0, 0.1) is 11.8 Å². The molecule has 3 aromatic heterocycles. The van der Waals surface area contributed by atoms with Crippen LogP contribution in [0.4, 0.5) is 5.82 Å². The molecule has 3 heterocycles. The molecular weight excluding hydrogens is 384 g/mol. The third-order valence-electron chi connectivity index (χ3n) is 5.64. The zero-order valence-corrected chi connectivity index (χ0v) is 18.3. The molecule has 4 rings (SSSR count). The van der Waals surface area contributed by atoms with E-state index in [1.165, 1.54) is 0 Å². The molecule has 0 unspecified atom stereocenters. The molecule has 2 atom stereocenters. The van der Waals surface area contributed by atoms with Gasteiger partial charge in [0.1, 0.15) is 11.4 Å². The third-order valence-corrected chi connectivity index (χ3v) is 5.64. The van der Waals surface area contributed by atoms with Gasteiger partial charge in [0, 0.05) is 31.9 Å². The molecular formula is C21H28N6O3. The number of amides is 1. The van der Waals surface area contributed by atoms with Crippen molar-refractivity contribution < 1.29 is 14.3 Å². The van der Waals surface area contributed by atoms with Crippen molar-refractivity contribution in [3.8, 4) is 23.0 Å². The Morgan fingerprint density at radius 3 is 2.70 bits per heavy atom. The lowest BCUT2D eigenvalue weighted by Crippen LogP contribution is -2.20. The van der Waals surface area contributed by atoms with Crippen LogP contribution >= 0.6 is 0 Å². The molecule has 0 spiro atoms. The average molecular weight is 412 g/mol. The van der Waals surface area contributed by atoms with E-state index in [1.54, 1.807) is 25.1 Å². The zero-order chi connectivity index (χ0) is 21.6. The summed E-state index contributed by atoms with van der Waals surface area (Å²) in [6.45, 7) is 0.932. The Morgan fingerprint density at radius 2 is 2.03 bits per heavy atom. The maximum Gasteiger partial charge on any atom is 0.246 e. The monoisotopic (exact) mass is 412 g/mol. The first-order valence-corrected chi connectivity index (χ1v) is 9.90. The molecule has 0 aromatic carbocycles. The number of ether oxygens (including phenoxy) is 2. The molecule has 1 fully saturated rings. The minimum absolute atomic E-state index is 0.0421. The van der Waals surface area contributed by atoms with Gasteiger partial charge in [-0.3, -0.25) is 4.79 Å². The van der Waals surface area contributed by atoms with Crippen molar-refractivity contribution in [2.24, 2.45) is 25.9 Å². The summed E-state index contributed by atoms with van der Waals surface area (Å²) in [5.74, 6) is 2.20. The summed E-state index contributed by atoms with van der Waals surface area (Å²) in [4.78, 5) is 19.1. The van der Waals surface area contributed by atoms with Crippen molar-refractivity contribution >= 4 is 22.6 Å². The van der Waals surface area contributed by atoms with E-state index in [-0.39, 0.29) is 11.8 Å². The van der Waals surface area contributed by atoms with E-state index in [1.807, 2.05) is 44.9 Å². The molecule has 9 heteroatoms. The fourth-order valence-electron chi connectivity index (χ4n) is 4.08. The van der Waals surface area contributed by atoms with Gasteiger partial charge >= 0.3 is 0 Å². The number of nitrogens with zero attached hydrogens (tertiary/aromatic N) is 5. The molecule has 0 saturated heterocycles. The first-order chi connectivity index (χ1) is 14.3. The molecule has 0 bridgehead atoms. The third kappa shape index (κ3) is 3.49. The van der Waals surface area contributed by atoms with Crippen LogP contribution in [0.15, 0.2) is 18.3 Å². The number of carbonyl (C=O) groups excluding carboxylic acids is 1. The van der Waals surface area contributed by atoms with Crippen LogP contribution < -0.4 is 14.8 Å². The molecule has 3 aromatic rings. The minimum atomic E-state index is 0.0421. The summed E-state index contributed by atoms with van der Waals surface area (Å²) in [7, 11) is 11.0. The largest absolute Gasteiger partial charge is 0.481 e. The lowest BCUT2D eigenvalue weighted by Gasteiger charge is -2.09. The van der Waals surface area contributed by atoms with Crippen LogP contribution in [0.25, 0.3) is 22.2 Å². The standard InChI is InChI=1S/C21H28N6O3/c1-25(2)11-13-7-14(13)19(28)23-17-9-12-8-15(26(3)16(12)10-22-17)18-20(29-5)24-27(4)21(18)30-6/h8-10,13-14H,7,11H2,1-6H3,(H,22,23,28)/t13-,14+/m1/s1. The summed E-state index contributed by atoms with van der Waals surface area (Å²) in [6.07, 6.45) is 2.70. The molecule has 160 valence electrons. The van der Waals surface area contributed by atoms with Crippen molar-refractivity contribution in [1.29, 1.82) is 0 Å². The van der Waals surface area contributed by atoms with E-state index >= 15 is 0 Å². The van der Waals surface area contributed by atoms with Gasteiger partial charge in [-0.25, -0.2) is 9.67 Å². The Morgan fingerprint density at radius 1 is 1.27 bits per heavy atom. The highest BCUT2D eigenvalue weighted by Crippen LogP contribution is 2.41. The molecule has 1 aliphatic carbocycles. The predicted molar refractivity (Wildman–Crippen MR) is 115 cm³/mol. The van der Waals surface area contributed by atoms with Gasteiger partial charge in [-0.15, -0.1) is 5.10 Å². The van der Waals surface area contributed by atoms with Gasteiger partial charge in [-0.05, 0) is 38.6 Å². The van der Waals surface area contributed by atoms with Crippen molar-refractivity contribution in [1.82, 2.24) is 24.2 Å². The highest BCUT2D eigenvalue weighted by atomic mass is 16.5. The highest BCUT2D eigenvalue weighted by Gasteiger charge is 2.43. The Balaban J connectivity index is 1.62. The second-order valence-corrected chi connectivity index (χ2v) is 8.09. The fraction of sp³-hybridized carbons (Fsp3) is 0.476. The van der Waals surface area contributed by atoms with Gasteiger partial charge in [0.2, 0.25) is 17.7 Å². The second-order valence-electron chi connectivity index (χ2n) is 8.09. The lowest BCUT2D eigenvalue weighted by molar-refractivity contribution is -0.117. The van der Waals surface area contributed by atoms with Crippen LogP contribution in [-0.2, 0) is 18.9 Å². The topological polar surface area (TPSA) is 86.4 Å². The number of pyridine rings is 1. The van der Waals surface area contributed by atoms with E-state index < -0.39 is 0 Å². The fourth-order valence-corrected chi connectivity index (χ4v) is 4.08. The quantitative estimate of drug-likeness (QED) is 0.640. The molecule has 30 heavy (non-hydrogen) atoms. The van der Waals surface area contributed by atoms with Crippen LogP contribution in [0.3, 0.4) is 0 Å². The normalized spacial score (nSPS) is 18.1. The summed E-state index contributed by atoms with van der Waals surface area (Å²) < 4.78 is 14.7. The SMILES string of the molecule is COc1nn(C)c(OC)c1-c1cc2cc(NC(=O)[C@H]3C[C@@H]3CN(C)C)ncc2n1C. The van der Waals surface area contributed by atoms with E-state index in [4.69, 9.17) is 9.47 Å². The van der Waals surface area contributed by atoms with Gasteiger partial charge in [0.05, 0.1) is 31.6 Å². The van der Waals surface area contributed by atoms with Gasteiger partial charge in [-0.2, -0.15) is 0 Å². The summed E-state index contributed by atoms with van der Waals surface area (Å²) in [5.41, 5.74) is 2.61. The van der Waals surface area contributed by atoms with E-state index in [0.717, 1.165) is 35.1 Å². The van der Waals surface area contributed by atoms with Crippen LogP contribution in [-0.4, -0.2) is 65.0 Å². The number of hydrogen-bond acceptors (Lipinski definition) is 6. The number of fused-ring (bicyclic) bond motifs is 1. The van der Waals surface area contributed by atoms with Crippen LogP contribution in [0.1, 0.15) is 6.42 Å². The van der Waals surface area contributed by atoms with E-state index in [0.29, 0.717) is 23.5 Å². The molecule has 0 aliphatic heterocycles. The smallest absolute Gasteiger partial charge is 0.246 e. The Labute approximate surface area is 175 Å². The molecule has 1 amide bonds. The molecule has 1 N–H and O–H groups in total. The lowest BCUT2D eigenvalue weighted by atomic mass is 10.2. The van der Waals surface area contributed by atoms with Crippen molar-refractivity contribution in [3.63, 3.8) is 0 Å². The molecule has 1 aliphatic rings. The Hall–Kier alpha value is -3.07. The number of aryl methyl sites for hydroxylation is 2. The number of hydrogen-bond donors (Lipinski definition) is 1. The maximum absolute atomic E-state index is 12.5. The summed E-state index contributed by atoms with van der Waals surface area (Å²) >= 11 is 0. The molecule has 1 saturated carbocycles. The number of anilines is 1. The molecule has 9 nitrogen and oxygen atoms in total. The van der Waals surface area contributed by atoms with Crippen molar-refractivity contribution in [2.75, 3.05) is 40.2 Å². The number of nitrogens with one attached hydrogen (secondary N) is 1. The first-order valence-electron chi connectivity index (χ1n) is 9.90. The van der Waals surface area contributed by atoms with Gasteiger partial charge in [0.15, 0.2) is 0 Å². The number of methoxy groups -OCH3 is 2. The summed E-state index contributed by atoms with van der Waals surface area (Å²) in [5, 5.41) is 8.32. The van der Waals surface area contributed by atoms with Gasteiger partial charge < -0.3 is 24.3 Å². The molecule has 0 radical (unpaired) electrons. The van der Waals surface area contributed by atoms with E-state index in [9.17, 15) is 4.79 Å². The Kier molecular flexibility index (Phi) is 5.15. The van der Waals surface area contributed by atoms with Crippen molar-refractivity contribution in [3.05, 3.63) is 18.3 Å². The zero-order valence-electron chi connectivity index (χ0n) is 18.3. The number of carbonyl (C=O) groups is 1. The first kappa shape index (κ1) is 20.2. The van der Waals surface area contributed by atoms with E-state index in [2.05, 4.69) is 20.3 Å². The Bertz CT molecular complexity index is 1100. The number of rotatable bonds is 7. The minimum Gasteiger partial charge on any atom is -0.481 e. The average Bonchev–Trinajstić information content (AvgIpc) is 3.28. The van der Waals surface area contributed by atoms with Crippen molar-refractivity contribution in [2.45, 2.75) is 6.42 Å². The van der Waals surface area contributed by atoms with Gasteiger partial charge in [0.25, 0.3) is 0 Å². The van der Waals surface area contributed by atoms with Crippen LogP contribution in [0.5, 0.6) is 11.8 Å². The van der Waals surface area contributed by atoms with Crippen LogP contribution in [0.2, 0.25) is 0 Å². The predicted octanol–water partition coefficient (Wildman–Crippen LogP) is 2.13. The highest BCUT2D eigenvalue weighted by molar-refractivity contribution is 5.96.